The first-order chi connectivity index (χ1) is 8.49. The second-order valence-corrected chi connectivity index (χ2v) is 4.89. The van der Waals surface area contributed by atoms with Gasteiger partial charge in [-0.25, -0.2) is 0 Å². The van der Waals surface area contributed by atoms with E-state index in [9.17, 15) is 4.79 Å². The molecule has 3 nitrogen and oxygen atoms in total. The lowest BCUT2D eigenvalue weighted by Crippen LogP contribution is -2.40. The molecule has 0 spiro atoms. The van der Waals surface area contributed by atoms with Crippen molar-refractivity contribution in [2.75, 3.05) is 6.54 Å². The van der Waals surface area contributed by atoms with Gasteiger partial charge in [-0.15, -0.1) is 0 Å². The van der Waals surface area contributed by atoms with Crippen molar-refractivity contribution in [3.63, 3.8) is 0 Å². The van der Waals surface area contributed by atoms with Gasteiger partial charge in [0.05, 0.1) is 10.0 Å². The van der Waals surface area contributed by atoms with Crippen molar-refractivity contribution in [3.8, 4) is 0 Å². The summed E-state index contributed by atoms with van der Waals surface area (Å²) in [5, 5.41) is 10.2. The van der Waals surface area contributed by atoms with E-state index < -0.39 is 12.0 Å². The van der Waals surface area contributed by atoms with Crippen LogP contribution in [0.4, 0.5) is 0 Å². The molecule has 0 saturated heterocycles. The zero-order valence-corrected chi connectivity index (χ0v) is 12.0. The molecule has 1 rings (SSSR count). The lowest BCUT2D eigenvalue weighted by atomic mass is 10.1. The molecule has 1 aromatic carbocycles. The fraction of sp³-hybridized carbons (Fsp3) is 0.462. The molecule has 0 saturated carbocycles. The third-order valence-corrected chi connectivity index (χ3v) is 3.63. The van der Waals surface area contributed by atoms with Gasteiger partial charge >= 0.3 is 5.97 Å². The third kappa shape index (κ3) is 3.87. The number of carboxylic acid groups (broad SMARTS) is 1. The highest BCUT2D eigenvalue weighted by atomic mass is 35.5. The van der Waals surface area contributed by atoms with E-state index in [0.29, 0.717) is 29.6 Å². The first-order valence-electron chi connectivity index (χ1n) is 5.90. The summed E-state index contributed by atoms with van der Waals surface area (Å²) >= 11 is 11.8. The fourth-order valence-electron chi connectivity index (χ4n) is 1.90. The number of hydrogen-bond acceptors (Lipinski definition) is 2. The normalized spacial score (nSPS) is 12.7. The van der Waals surface area contributed by atoms with E-state index >= 15 is 0 Å². The van der Waals surface area contributed by atoms with Crippen LogP contribution >= 0.6 is 23.2 Å². The predicted molar refractivity (Wildman–Crippen MR) is 74.3 cm³/mol. The van der Waals surface area contributed by atoms with Crippen LogP contribution in [0.1, 0.15) is 25.8 Å². The Labute approximate surface area is 117 Å². The van der Waals surface area contributed by atoms with Crippen LogP contribution in [0.5, 0.6) is 0 Å². The molecule has 0 aliphatic heterocycles. The van der Waals surface area contributed by atoms with Crippen LogP contribution in [0.15, 0.2) is 18.2 Å². The number of likely N-dealkylation sites (N-methyl/N-ethyl adjacent to an activating group) is 1. The average molecular weight is 290 g/mol. The summed E-state index contributed by atoms with van der Waals surface area (Å²) in [5.41, 5.74) is 0.964. The number of halogens is 2. The van der Waals surface area contributed by atoms with E-state index in [1.54, 1.807) is 12.1 Å². The van der Waals surface area contributed by atoms with Crippen LogP contribution in [0, 0.1) is 0 Å². The highest BCUT2D eigenvalue weighted by molar-refractivity contribution is 6.42. The van der Waals surface area contributed by atoms with Gasteiger partial charge in [0, 0.05) is 6.54 Å². The monoisotopic (exact) mass is 289 g/mol. The van der Waals surface area contributed by atoms with Crippen molar-refractivity contribution in [2.24, 2.45) is 0 Å². The summed E-state index contributed by atoms with van der Waals surface area (Å²) in [6, 6.07) is 4.91. The van der Waals surface area contributed by atoms with Crippen molar-refractivity contribution >= 4 is 29.2 Å². The summed E-state index contributed by atoms with van der Waals surface area (Å²) in [4.78, 5) is 13.1. The van der Waals surface area contributed by atoms with E-state index in [0.717, 1.165) is 5.56 Å². The van der Waals surface area contributed by atoms with Gasteiger partial charge in [-0.05, 0) is 30.7 Å². The van der Waals surface area contributed by atoms with Gasteiger partial charge < -0.3 is 5.11 Å². The van der Waals surface area contributed by atoms with Gasteiger partial charge in [-0.3, -0.25) is 9.69 Å². The smallest absolute Gasteiger partial charge is 0.320 e. The third-order valence-electron chi connectivity index (χ3n) is 2.89. The Morgan fingerprint density at radius 2 is 2.00 bits per heavy atom. The van der Waals surface area contributed by atoms with Crippen molar-refractivity contribution in [3.05, 3.63) is 33.8 Å². The summed E-state index contributed by atoms with van der Waals surface area (Å²) in [7, 11) is 0. The average Bonchev–Trinajstić information content (AvgIpc) is 2.33. The molecule has 0 radical (unpaired) electrons. The first-order valence-corrected chi connectivity index (χ1v) is 6.66. The van der Waals surface area contributed by atoms with Crippen LogP contribution in [0.3, 0.4) is 0 Å². The maximum absolute atomic E-state index is 11.2. The Morgan fingerprint density at radius 1 is 1.33 bits per heavy atom. The number of rotatable bonds is 6. The highest BCUT2D eigenvalue weighted by Crippen LogP contribution is 2.23. The van der Waals surface area contributed by atoms with Gasteiger partial charge in [0.2, 0.25) is 0 Å². The molecule has 0 amide bonds. The summed E-state index contributed by atoms with van der Waals surface area (Å²) in [5.74, 6) is -0.792. The van der Waals surface area contributed by atoms with Crippen molar-refractivity contribution < 1.29 is 9.90 Å². The number of aliphatic carboxylic acids is 1. The Balaban J connectivity index is 2.84. The Kier molecular flexibility index (Phi) is 5.93. The minimum atomic E-state index is -0.792. The van der Waals surface area contributed by atoms with Gasteiger partial charge in [-0.1, -0.05) is 43.1 Å². The minimum absolute atomic E-state index is 0.468. The summed E-state index contributed by atoms with van der Waals surface area (Å²) < 4.78 is 0. The predicted octanol–water partition coefficient (Wildman–Crippen LogP) is 3.68. The molecule has 5 heteroatoms. The molecule has 18 heavy (non-hydrogen) atoms. The van der Waals surface area contributed by atoms with E-state index in [-0.39, 0.29) is 0 Å². The number of carboxylic acids is 1. The largest absolute Gasteiger partial charge is 0.480 e. The molecule has 100 valence electrons. The quantitative estimate of drug-likeness (QED) is 0.868. The molecule has 0 heterocycles. The number of hydrogen-bond donors (Lipinski definition) is 1. The van der Waals surface area contributed by atoms with Gasteiger partial charge in [-0.2, -0.15) is 0 Å². The number of benzene rings is 1. The zero-order chi connectivity index (χ0) is 13.7. The fourth-order valence-corrected chi connectivity index (χ4v) is 2.22. The van der Waals surface area contributed by atoms with E-state index in [1.807, 2.05) is 24.8 Å². The lowest BCUT2D eigenvalue weighted by Gasteiger charge is -2.26. The molecule has 0 bridgehead atoms. The number of carbonyl (C=O) groups is 1. The van der Waals surface area contributed by atoms with Gasteiger partial charge in [0.1, 0.15) is 6.04 Å². The van der Waals surface area contributed by atoms with Crippen LogP contribution in [0.2, 0.25) is 10.0 Å². The molecular weight excluding hydrogens is 273 g/mol. The molecule has 0 aliphatic carbocycles. The van der Waals surface area contributed by atoms with E-state index in [4.69, 9.17) is 28.3 Å². The minimum Gasteiger partial charge on any atom is -0.480 e. The second kappa shape index (κ2) is 6.98. The van der Waals surface area contributed by atoms with Crippen LogP contribution < -0.4 is 0 Å². The molecule has 0 fully saturated rings. The Bertz CT molecular complexity index is 423. The standard InChI is InChI=1S/C13H17Cl2NO2/c1-3-12(13(17)18)16(4-2)8-9-5-6-10(14)11(15)7-9/h5-7,12H,3-4,8H2,1-2H3,(H,17,18)/t12-/m1/s1. The summed E-state index contributed by atoms with van der Waals surface area (Å²) in [6.07, 6.45) is 0.574. The second-order valence-electron chi connectivity index (χ2n) is 4.07. The van der Waals surface area contributed by atoms with Crippen LogP contribution in [-0.2, 0) is 11.3 Å². The SMILES string of the molecule is CC[C@H](C(=O)O)N(CC)Cc1ccc(Cl)c(Cl)c1. The first kappa shape index (κ1) is 15.3. The Hall–Kier alpha value is -0.770. The molecule has 1 aromatic rings. The highest BCUT2D eigenvalue weighted by Gasteiger charge is 2.22. The topological polar surface area (TPSA) is 40.5 Å². The van der Waals surface area contributed by atoms with Crippen LogP contribution in [0.25, 0.3) is 0 Å². The van der Waals surface area contributed by atoms with Crippen molar-refractivity contribution in [1.82, 2.24) is 4.90 Å². The molecule has 0 aromatic heterocycles. The maximum Gasteiger partial charge on any atom is 0.320 e. The van der Waals surface area contributed by atoms with Gasteiger partial charge in [0.15, 0.2) is 0 Å². The lowest BCUT2D eigenvalue weighted by molar-refractivity contribution is -0.143. The number of nitrogens with zero attached hydrogens (tertiary/aromatic N) is 1. The maximum atomic E-state index is 11.2. The van der Waals surface area contributed by atoms with E-state index in [2.05, 4.69) is 0 Å². The molecule has 0 unspecified atom stereocenters. The molecular formula is C13H17Cl2NO2. The molecule has 1 atom stereocenters. The van der Waals surface area contributed by atoms with Crippen molar-refractivity contribution in [2.45, 2.75) is 32.9 Å². The molecule has 1 N–H and O–H groups in total. The van der Waals surface area contributed by atoms with E-state index in [1.165, 1.54) is 0 Å². The summed E-state index contributed by atoms with van der Waals surface area (Å²) in [6.45, 7) is 5.04. The Morgan fingerprint density at radius 3 is 2.44 bits per heavy atom. The van der Waals surface area contributed by atoms with Gasteiger partial charge in [0.25, 0.3) is 0 Å². The zero-order valence-electron chi connectivity index (χ0n) is 10.5. The van der Waals surface area contributed by atoms with Crippen LogP contribution in [-0.4, -0.2) is 28.6 Å². The molecule has 0 aliphatic rings. The van der Waals surface area contributed by atoms with Crippen molar-refractivity contribution in [1.29, 1.82) is 0 Å².